The molecule has 1 aromatic heterocycles. The molecule has 0 spiro atoms. The number of amides is 1. The fourth-order valence-corrected chi connectivity index (χ4v) is 2.67. The molecule has 3 rings (SSSR count). The fourth-order valence-electron chi connectivity index (χ4n) is 2.67. The second-order valence-electron chi connectivity index (χ2n) is 5.28. The molecule has 0 aliphatic carbocycles. The third-order valence-corrected chi connectivity index (χ3v) is 3.79. The number of benzene rings is 1. The lowest BCUT2D eigenvalue weighted by Crippen LogP contribution is -2.30. The van der Waals surface area contributed by atoms with Gasteiger partial charge in [0, 0.05) is 18.8 Å². The van der Waals surface area contributed by atoms with Gasteiger partial charge >= 0.3 is 0 Å². The van der Waals surface area contributed by atoms with Crippen molar-refractivity contribution in [1.29, 1.82) is 0 Å². The summed E-state index contributed by atoms with van der Waals surface area (Å²) in [7, 11) is 0. The molecule has 1 aromatic carbocycles. The van der Waals surface area contributed by atoms with Crippen LogP contribution in [0.2, 0.25) is 0 Å². The second kappa shape index (κ2) is 5.95. The van der Waals surface area contributed by atoms with Crippen LogP contribution < -0.4 is 10.2 Å². The van der Waals surface area contributed by atoms with Crippen LogP contribution >= 0.6 is 0 Å². The molecule has 6 heteroatoms. The molecule has 1 amide bonds. The van der Waals surface area contributed by atoms with Crippen molar-refractivity contribution in [3.63, 3.8) is 0 Å². The van der Waals surface area contributed by atoms with Crippen LogP contribution in [0.4, 0.5) is 5.69 Å². The fraction of sp³-hybridized carbons (Fsp3) is 0.400. The summed E-state index contributed by atoms with van der Waals surface area (Å²) >= 11 is 0. The molecule has 1 atom stereocenters. The van der Waals surface area contributed by atoms with Crippen LogP contribution in [0, 0.1) is 0 Å². The lowest BCUT2D eigenvalue weighted by molar-refractivity contribution is 0.0939. The van der Waals surface area contributed by atoms with Gasteiger partial charge in [0.1, 0.15) is 12.2 Å². The third-order valence-electron chi connectivity index (χ3n) is 3.79. The van der Waals surface area contributed by atoms with Crippen molar-refractivity contribution in [2.75, 3.05) is 18.0 Å². The van der Waals surface area contributed by atoms with Crippen LogP contribution in [0.3, 0.4) is 0 Å². The summed E-state index contributed by atoms with van der Waals surface area (Å²) < 4.78 is 0. The monoisotopic (exact) mass is 285 g/mol. The smallest absolute Gasteiger partial charge is 0.253 e. The normalized spacial score (nSPS) is 16.0. The average molecular weight is 285 g/mol. The third kappa shape index (κ3) is 2.89. The number of aromatic nitrogens is 3. The van der Waals surface area contributed by atoms with E-state index in [2.05, 4.69) is 25.4 Å². The van der Waals surface area contributed by atoms with Crippen LogP contribution in [0.5, 0.6) is 0 Å². The van der Waals surface area contributed by atoms with Crippen molar-refractivity contribution in [1.82, 2.24) is 20.5 Å². The van der Waals surface area contributed by atoms with Crippen LogP contribution in [0.15, 0.2) is 30.6 Å². The number of hydrogen-bond acceptors (Lipinski definition) is 4. The number of nitrogens with one attached hydrogen (secondary N) is 2. The van der Waals surface area contributed by atoms with E-state index >= 15 is 0 Å². The Balaban J connectivity index is 1.78. The molecule has 1 aliphatic rings. The largest absolute Gasteiger partial charge is 0.371 e. The second-order valence-corrected chi connectivity index (χ2v) is 5.28. The van der Waals surface area contributed by atoms with Crippen molar-refractivity contribution in [2.45, 2.75) is 25.8 Å². The maximum absolute atomic E-state index is 12.5. The van der Waals surface area contributed by atoms with Gasteiger partial charge in [-0.05, 0) is 31.9 Å². The van der Waals surface area contributed by atoms with E-state index in [4.69, 9.17) is 0 Å². The molecular weight excluding hydrogens is 266 g/mol. The summed E-state index contributed by atoms with van der Waals surface area (Å²) in [5, 5.41) is 9.55. The number of rotatable bonds is 4. The summed E-state index contributed by atoms with van der Waals surface area (Å²) in [5.41, 5.74) is 1.73. The molecule has 0 unspecified atom stereocenters. The van der Waals surface area contributed by atoms with E-state index in [9.17, 15) is 4.79 Å². The highest BCUT2D eigenvalue weighted by Crippen LogP contribution is 2.24. The highest BCUT2D eigenvalue weighted by molar-refractivity contribution is 6.00. The molecule has 2 aromatic rings. The number of carbonyl (C=O) groups excluding carboxylic acids is 1. The lowest BCUT2D eigenvalue weighted by Gasteiger charge is -2.21. The molecule has 1 aliphatic heterocycles. The Morgan fingerprint density at radius 2 is 2.10 bits per heavy atom. The number of aromatic amines is 1. The first-order chi connectivity index (χ1) is 10.3. The number of nitrogens with zero attached hydrogens (tertiary/aromatic N) is 3. The van der Waals surface area contributed by atoms with Gasteiger partial charge in [0.25, 0.3) is 5.91 Å². The number of carbonyl (C=O) groups is 1. The highest BCUT2D eigenvalue weighted by Gasteiger charge is 2.20. The summed E-state index contributed by atoms with van der Waals surface area (Å²) in [5.74, 6) is 0.573. The van der Waals surface area contributed by atoms with Crippen LogP contribution in [-0.2, 0) is 0 Å². The number of para-hydroxylation sites is 1. The maximum atomic E-state index is 12.5. The van der Waals surface area contributed by atoms with Gasteiger partial charge in [-0.1, -0.05) is 12.1 Å². The van der Waals surface area contributed by atoms with Crippen molar-refractivity contribution in [3.8, 4) is 0 Å². The zero-order chi connectivity index (χ0) is 14.7. The Morgan fingerprint density at radius 3 is 2.81 bits per heavy atom. The van der Waals surface area contributed by atoms with E-state index in [1.54, 1.807) is 0 Å². The molecule has 6 nitrogen and oxygen atoms in total. The predicted octanol–water partition coefficient (Wildman–Crippen LogP) is 1.90. The highest BCUT2D eigenvalue weighted by atomic mass is 16.1. The first kappa shape index (κ1) is 13.6. The van der Waals surface area contributed by atoms with Gasteiger partial charge in [-0.15, -0.1) is 0 Å². The van der Waals surface area contributed by atoms with E-state index < -0.39 is 0 Å². The van der Waals surface area contributed by atoms with Gasteiger partial charge in [-0.2, -0.15) is 5.10 Å². The molecule has 0 saturated carbocycles. The van der Waals surface area contributed by atoms with Gasteiger partial charge in [0.05, 0.1) is 11.6 Å². The van der Waals surface area contributed by atoms with E-state index in [-0.39, 0.29) is 11.9 Å². The standard InChI is InChI=1S/C15H19N5O/c1-11(14-16-10-17-19-14)18-15(21)12-6-2-3-7-13(12)20-8-4-5-9-20/h2-3,6-7,10-11H,4-5,8-9H2,1H3,(H,18,21)(H,16,17,19)/t11-/m1/s1. The minimum absolute atomic E-state index is 0.0820. The Hall–Kier alpha value is -2.37. The summed E-state index contributed by atoms with van der Waals surface area (Å²) in [6, 6.07) is 7.56. The molecule has 0 bridgehead atoms. The van der Waals surface area contributed by atoms with E-state index in [0.29, 0.717) is 11.4 Å². The topological polar surface area (TPSA) is 73.9 Å². The Labute approximate surface area is 123 Å². The van der Waals surface area contributed by atoms with Crippen LogP contribution in [-0.4, -0.2) is 34.2 Å². The van der Waals surface area contributed by atoms with Crippen LogP contribution in [0.1, 0.15) is 42.0 Å². The lowest BCUT2D eigenvalue weighted by atomic mass is 10.1. The minimum atomic E-state index is -0.202. The summed E-state index contributed by atoms with van der Waals surface area (Å²) in [6.07, 6.45) is 3.81. The Bertz CT molecular complexity index is 604. The van der Waals surface area contributed by atoms with Crippen molar-refractivity contribution in [2.24, 2.45) is 0 Å². The van der Waals surface area contributed by atoms with Gasteiger partial charge in [0.15, 0.2) is 0 Å². The summed E-state index contributed by atoms with van der Waals surface area (Å²) in [6.45, 7) is 3.92. The van der Waals surface area contributed by atoms with Crippen molar-refractivity contribution in [3.05, 3.63) is 42.0 Å². The van der Waals surface area contributed by atoms with Gasteiger partial charge in [0.2, 0.25) is 0 Å². The molecule has 21 heavy (non-hydrogen) atoms. The zero-order valence-corrected chi connectivity index (χ0v) is 12.0. The quantitative estimate of drug-likeness (QED) is 0.899. The van der Waals surface area contributed by atoms with Gasteiger partial charge in [-0.25, -0.2) is 4.98 Å². The van der Waals surface area contributed by atoms with Crippen LogP contribution in [0.25, 0.3) is 0 Å². The summed E-state index contributed by atoms with van der Waals surface area (Å²) in [4.78, 5) is 18.9. The van der Waals surface area contributed by atoms with Crippen molar-refractivity contribution < 1.29 is 4.79 Å². The van der Waals surface area contributed by atoms with E-state index in [1.807, 2.05) is 31.2 Å². The molecule has 1 fully saturated rings. The molecule has 2 heterocycles. The van der Waals surface area contributed by atoms with Gasteiger partial charge in [-0.3, -0.25) is 9.89 Å². The first-order valence-electron chi connectivity index (χ1n) is 7.26. The zero-order valence-electron chi connectivity index (χ0n) is 12.0. The predicted molar refractivity (Wildman–Crippen MR) is 80.2 cm³/mol. The first-order valence-corrected chi connectivity index (χ1v) is 7.26. The average Bonchev–Trinajstić information content (AvgIpc) is 3.20. The van der Waals surface area contributed by atoms with Gasteiger partial charge < -0.3 is 10.2 Å². The molecular formula is C15H19N5O. The van der Waals surface area contributed by atoms with Crippen molar-refractivity contribution >= 4 is 11.6 Å². The molecule has 2 N–H and O–H groups in total. The number of anilines is 1. The molecule has 110 valence electrons. The van der Waals surface area contributed by atoms with E-state index in [1.165, 1.54) is 19.2 Å². The number of hydrogen-bond donors (Lipinski definition) is 2. The van der Waals surface area contributed by atoms with E-state index in [0.717, 1.165) is 18.8 Å². The maximum Gasteiger partial charge on any atom is 0.253 e. The number of H-pyrrole nitrogens is 1. The molecule has 0 radical (unpaired) electrons. The minimum Gasteiger partial charge on any atom is -0.371 e. The Kier molecular flexibility index (Phi) is 3.85. The SMILES string of the molecule is C[C@@H](NC(=O)c1ccccc1N1CCCC1)c1ncn[nH]1. The molecule has 1 saturated heterocycles. The Morgan fingerprint density at radius 1 is 1.33 bits per heavy atom.